The summed E-state index contributed by atoms with van der Waals surface area (Å²) in [5.74, 6) is -0.338. The standard InChI is InChI=1S/C14H21FN2O2/c1-3-12(13-5-4-11(15)8-16-13)17-9-14(18)6-7-19-10(14)2/h4-5,8,10,12,17-18H,3,6-7,9H2,1-2H3. The van der Waals surface area contributed by atoms with E-state index >= 15 is 0 Å². The fraction of sp³-hybridized carbons (Fsp3) is 0.643. The second-order valence-corrected chi connectivity index (χ2v) is 5.11. The maximum absolute atomic E-state index is 12.9. The van der Waals surface area contributed by atoms with E-state index in [1.165, 1.54) is 12.3 Å². The highest BCUT2D eigenvalue weighted by molar-refractivity contribution is 5.10. The first-order valence-electron chi connectivity index (χ1n) is 6.74. The number of nitrogens with one attached hydrogen (secondary N) is 1. The van der Waals surface area contributed by atoms with Gasteiger partial charge in [-0.3, -0.25) is 4.98 Å². The number of halogens is 1. The van der Waals surface area contributed by atoms with Crippen molar-refractivity contribution in [3.05, 3.63) is 29.8 Å². The van der Waals surface area contributed by atoms with Crippen LogP contribution in [0.1, 0.15) is 38.4 Å². The highest BCUT2D eigenvalue weighted by Gasteiger charge is 2.39. The van der Waals surface area contributed by atoms with Gasteiger partial charge in [0.15, 0.2) is 0 Å². The van der Waals surface area contributed by atoms with Crippen molar-refractivity contribution in [3.8, 4) is 0 Å². The van der Waals surface area contributed by atoms with Gasteiger partial charge in [-0.05, 0) is 25.5 Å². The summed E-state index contributed by atoms with van der Waals surface area (Å²) in [7, 11) is 0. The predicted molar refractivity (Wildman–Crippen MR) is 70.2 cm³/mol. The molecule has 0 spiro atoms. The van der Waals surface area contributed by atoms with Gasteiger partial charge in [-0.15, -0.1) is 0 Å². The van der Waals surface area contributed by atoms with Gasteiger partial charge >= 0.3 is 0 Å². The first kappa shape index (κ1) is 14.4. The van der Waals surface area contributed by atoms with Crippen LogP contribution < -0.4 is 5.32 Å². The van der Waals surface area contributed by atoms with Crippen molar-refractivity contribution >= 4 is 0 Å². The first-order valence-corrected chi connectivity index (χ1v) is 6.74. The van der Waals surface area contributed by atoms with Gasteiger partial charge in [0.2, 0.25) is 0 Å². The Hall–Kier alpha value is -1.04. The van der Waals surface area contributed by atoms with Gasteiger partial charge in [0.05, 0.1) is 18.0 Å². The average molecular weight is 268 g/mol. The number of hydrogen-bond acceptors (Lipinski definition) is 4. The van der Waals surface area contributed by atoms with Gasteiger partial charge in [-0.25, -0.2) is 4.39 Å². The van der Waals surface area contributed by atoms with Crippen molar-refractivity contribution in [2.24, 2.45) is 0 Å². The molecule has 0 aromatic carbocycles. The number of ether oxygens (including phenoxy) is 1. The molecule has 3 atom stereocenters. The molecule has 4 nitrogen and oxygen atoms in total. The molecular formula is C14H21FN2O2. The Labute approximate surface area is 113 Å². The maximum Gasteiger partial charge on any atom is 0.141 e. The van der Waals surface area contributed by atoms with Crippen LogP contribution >= 0.6 is 0 Å². The number of rotatable bonds is 5. The second kappa shape index (κ2) is 5.94. The summed E-state index contributed by atoms with van der Waals surface area (Å²) in [6.07, 6.45) is 2.51. The Morgan fingerprint density at radius 3 is 2.95 bits per heavy atom. The molecule has 1 fully saturated rings. The lowest BCUT2D eigenvalue weighted by molar-refractivity contribution is -0.0278. The molecule has 1 aromatic heterocycles. The molecule has 2 N–H and O–H groups in total. The van der Waals surface area contributed by atoms with Crippen molar-refractivity contribution in [1.82, 2.24) is 10.3 Å². The van der Waals surface area contributed by atoms with Crippen LogP contribution in [0, 0.1) is 5.82 Å². The summed E-state index contributed by atoms with van der Waals surface area (Å²) in [6, 6.07) is 3.09. The van der Waals surface area contributed by atoms with Crippen LogP contribution in [-0.2, 0) is 4.74 Å². The molecule has 19 heavy (non-hydrogen) atoms. The molecule has 0 radical (unpaired) electrons. The Morgan fingerprint density at radius 2 is 2.42 bits per heavy atom. The van der Waals surface area contributed by atoms with Crippen molar-refractivity contribution in [2.45, 2.75) is 44.4 Å². The molecule has 0 bridgehead atoms. The highest BCUT2D eigenvalue weighted by atomic mass is 19.1. The zero-order valence-corrected chi connectivity index (χ0v) is 11.4. The topological polar surface area (TPSA) is 54.4 Å². The van der Waals surface area contributed by atoms with Crippen molar-refractivity contribution in [3.63, 3.8) is 0 Å². The summed E-state index contributed by atoms with van der Waals surface area (Å²) in [5, 5.41) is 13.7. The van der Waals surface area contributed by atoms with Crippen LogP contribution in [0.5, 0.6) is 0 Å². The molecule has 2 heterocycles. The van der Waals surface area contributed by atoms with Crippen LogP contribution in [0.4, 0.5) is 4.39 Å². The highest BCUT2D eigenvalue weighted by Crippen LogP contribution is 2.26. The number of aliphatic hydroxyl groups is 1. The van der Waals surface area contributed by atoms with Crippen LogP contribution in [0.3, 0.4) is 0 Å². The molecule has 1 saturated heterocycles. The lowest BCUT2D eigenvalue weighted by atomic mass is 9.96. The third-order valence-electron chi connectivity index (χ3n) is 3.83. The maximum atomic E-state index is 12.9. The van der Waals surface area contributed by atoms with E-state index < -0.39 is 5.60 Å². The fourth-order valence-corrected chi connectivity index (χ4v) is 2.35. The third kappa shape index (κ3) is 3.29. The third-order valence-corrected chi connectivity index (χ3v) is 3.83. The van der Waals surface area contributed by atoms with E-state index in [0.717, 1.165) is 12.1 Å². The predicted octanol–water partition coefficient (Wildman–Crippen LogP) is 1.80. The van der Waals surface area contributed by atoms with E-state index in [2.05, 4.69) is 10.3 Å². The zero-order valence-electron chi connectivity index (χ0n) is 11.4. The molecule has 0 amide bonds. The summed E-state index contributed by atoms with van der Waals surface area (Å²) >= 11 is 0. The van der Waals surface area contributed by atoms with Crippen LogP contribution in [0.15, 0.2) is 18.3 Å². The lowest BCUT2D eigenvalue weighted by Gasteiger charge is -2.28. The van der Waals surface area contributed by atoms with Crippen LogP contribution in [-0.4, -0.2) is 34.9 Å². The van der Waals surface area contributed by atoms with E-state index in [4.69, 9.17) is 4.74 Å². The fourth-order valence-electron chi connectivity index (χ4n) is 2.35. The summed E-state index contributed by atoms with van der Waals surface area (Å²) < 4.78 is 18.3. The average Bonchev–Trinajstić information content (AvgIpc) is 2.73. The molecule has 1 aromatic rings. The first-order chi connectivity index (χ1) is 9.05. The monoisotopic (exact) mass is 268 g/mol. The van der Waals surface area contributed by atoms with Gasteiger partial charge < -0.3 is 15.2 Å². The largest absolute Gasteiger partial charge is 0.386 e. The van der Waals surface area contributed by atoms with E-state index in [9.17, 15) is 9.50 Å². The SMILES string of the molecule is CCC(NCC1(O)CCOC1C)c1ccc(F)cn1. The van der Waals surface area contributed by atoms with Gasteiger partial charge in [0.25, 0.3) is 0 Å². The van der Waals surface area contributed by atoms with E-state index in [1.54, 1.807) is 6.07 Å². The van der Waals surface area contributed by atoms with Crippen molar-refractivity contribution < 1.29 is 14.2 Å². The molecule has 106 valence electrons. The molecule has 3 unspecified atom stereocenters. The molecule has 1 aliphatic heterocycles. The zero-order chi connectivity index (χ0) is 13.9. The van der Waals surface area contributed by atoms with E-state index in [0.29, 0.717) is 19.6 Å². The molecule has 0 saturated carbocycles. The quantitative estimate of drug-likeness (QED) is 0.855. The van der Waals surface area contributed by atoms with Crippen molar-refractivity contribution in [1.29, 1.82) is 0 Å². The summed E-state index contributed by atoms with van der Waals surface area (Å²) in [4.78, 5) is 4.09. The Morgan fingerprint density at radius 1 is 1.63 bits per heavy atom. The second-order valence-electron chi connectivity index (χ2n) is 5.11. The van der Waals surface area contributed by atoms with Gasteiger partial charge in [-0.1, -0.05) is 6.92 Å². The molecule has 5 heteroatoms. The van der Waals surface area contributed by atoms with E-state index in [1.807, 2.05) is 13.8 Å². The molecule has 2 rings (SSSR count). The number of aromatic nitrogens is 1. The normalized spacial score (nSPS) is 28.5. The summed E-state index contributed by atoms with van der Waals surface area (Å²) in [5.41, 5.74) is -0.0351. The Kier molecular flexibility index (Phi) is 4.50. The van der Waals surface area contributed by atoms with Gasteiger partial charge in [0, 0.05) is 25.6 Å². The number of hydrogen-bond donors (Lipinski definition) is 2. The molecule has 1 aliphatic rings. The molecular weight excluding hydrogens is 247 g/mol. The number of nitrogens with zero attached hydrogens (tertiary/aromatic N) is 1. The molecule has 0 aliphatic carbocycles. The van der Waals surface area contributed by atoms with Crippen LogP contribution in [0.2, 0.25) is 0 Å². The minimum atomic E-state index is -0.826. The smallest absolute Gasteiger partial charge is 0.141 e. The Balaban J connectivity index is 1.98. The van der Waals surface area contributed by atoms with E-state index in [-0.39, 0.29) is 18.0 Å². The Bertz CT molecular complexity index is 412. The van der Waals surface area contributed by atoms with Crippen molar-refractivity contribution in [2.75, 3.05) is 13.2 Å². The van der Waals surface area contributed by atoms with Gasteiger partial charge in [0.1, 0.15) is 11.4 Å². The minimum Gasteiger partial charge on any atom is -0.386 e. The van der Waals surface area contributed by atoms with Crippen LogP contribution in [0.25, 0.3) is 0 Å². The lowest BCUT2D eigenvalue weighted by Crippen LogP contribution is -2.46. The minimum absolute atomic E-state index is 0.0115. The number of pyridine rings is 1. The van der Waals surface area contributed by atoms with Gasteiger partial charge in [-0.2, -0.15) is 0 Å². The summed E-state index contributed by atoms with van der Waals surface area (Å²) in [6.45, 7) is 4.95.